The Morgan fingerprint density at radius 1 is 1.50 bits per heavy atom. The van der Waals surface area contributed by atoms with E-state index in [0.29, 0.717) is 0 Å². The van der Waals surface area contributed by atoms with E-state index in [4.69, 9.17) is 5.41 Å². The number of nitrogens with zero attached hydrogens (tertiary/aromatic N) is 1. The van der Waals surface area contributed by atoms with Gasteiger partial charge < -0.3 is 4.90 Å². The summed E-state index contributed by atoms with van der Waals surface area (Å²) in [7, 11) is 0. The van der Waals surface area contributed by atoms with Crippen molar-refractivity contribution in [3.8, 4) is 0 Å². The van der Waals surface area contributed by atoms with Crippen LogP contribution >= 0.6 is 0 Å². The average Bonchev–Trinajstić information content (AvgIpc) is 2.52. The normalized spacial score (nSPS) is 23.2. The Hall–Kier alpha value is -0.530. The van der Waals surface area contributed by atoms with Crippen LogP contribution in [0.4, 0.5) is 0 Å². The molecule has 2 heteroatoms. The highest BCUT2D eigenvalue weighted by Gasteiger charge is 2.22. The highest BCUT2D eigenvalue weighted by atomic mass is 15.2. The minimum Gasteiger partial charge on any atom is -0.360 e. The Labute approximate surface area is 75.5 Å². The van der Waals surface area contributed by atoms with Crippen molar-refractivity contribution in [2.75, 3.05) is 13.1 Å². The summed E-state index contributed by atoms with van der Waals surface area (Å²) in [5.74, 6) is 1.69. The maximum atomic E-state index is 7.68. The second kappa shape index (κ2) is 4.48. The largest absolute Gasteiger partial charge is 0.360 e. The third kappa shape index (κ3) is 2.23. The molecular weight excluding hydrogens is 148 g/mol. The van der Waals surface area contributed by atoms with Crippen LogP contribution in [0.3, 0.4) is 0 Å². The molecule has 12 heavy (non-hydrogen) atoms. The fourth-order valence-electron chi connectivity index (χ4n) is 1.95. The van der Waals surface area contributed by atoms with E-state index in [1.54, 1.807) is 0 Å². The molecular formula is C10H20N2. The zero-order chi connectivity index (χ0) is 8.97. The van der Waals surface area contributed by atoms with Gasteiger partial charge in [-0.2, -0.15) is 0 Å². The molecule has 0 radical (unpaired) electrons. The SMILES string of the molecule is CCCC1CCN(C(=N)CC)C1. The minimum absolute atomic E-state index is 0.827. The van der Waals surface area contributed by atoms with Gasteiger partial charge in [0, 0.05) is 19.5 Å². The lowest BCUT2D eigenvalue weighted by Gasteiger charge is -2.17. The van der Waals surface area contributed by atoms with E-state index in [1.165, 1.54) is 19.3 Å². The molecule has 1 aliphatic heterocycles. The summed E-state index contributed by atoms with van der Waals surface area (Å²) < 4.78 is 0. The van der Waals surface area contributed by atoms with Gasteiger partial charge in [0.2, 0.25) is 0 Å². The number of amidine groups is 1. The first kappa shape index (κ1) is 9.56. The number of likely N-dealkylation sites (tertiary alicyclic amines) is 1. The van der Waals surface area contributed by atoms with Crippen LogP contribution in [0.5, 0.6) is 0 Å². The second-order valence-electron chi connectivity index (χ2n) is 3.69. The van der Waals surface area contributed by atoms with Gasteiger partial charge in [0.1, 0.15) is 0 Å². The van der Waals surface area contributed by atoms with Crippen molar-refractivity contribution in [3.63, 3.8) is 0 Å². The van der Waals surface area contributed by atoms with E-state index in [-0.39, 0.29) is 0 Å². The first-order chi connectivity index (χ1) is 5.77. The fourth-order valence-corrected chi connectivity index (χ4v) is 1.95. The second-order valence-corrected chi connectivity index (χ2v) is 3.69. The summed E-state index contributed by atoms with van der Waals surface area (Å²) in [5, 5.41) is 7.68. The predicted molar refractivity (Wildman–Crippen MR) is 52.6 cm³/mol. The van der Waals surface area contributed by atoms with Gasteiger partial charge in [0.15, 0.2) is 0 Å². The van der Waals surface area contributed by atoms with E-state index in [1.807, 2.05) is 0 Å². The molecule has 1 saturated heterocycles. The monoisotopic (exact) mass is 168 g/mol. The van der Waals surface area contributed by atoms with Crippen molar-refractivity contribution in [1.82, 2.24) is 4.90 Å². The van der Waals surface area contributed by atoms with Crippen molar-refractivity contribution in [2.24, 2.45) is 5.92 Å². The Balaban J connectivity index is 2.30. The molecule has 1 heterocycles. The Kier molecular flexibility index (Phi) is 3.57. The molecule has 0 aromatic heterocycles. The van der Waals surface area contributed by atoms with Crippen LogP contribution < -0.4 is 0 Å². The van der Waals surface area contributed by atoms with Crippen LogP contribution in [0.1, 0.15) is 39.5 Å². The Morgan fingerprint density at radius 3 is 2.83 bits per heavy atom. The molecule has 0 aliphatic carbocycles. The highest BCUT2D eigenvalue weighted by molar-refractivity contribution is 5.79. The zero-order valence-corrected chi connectivity index (χ0v) is 8.27. The van der Waals surface area contributed by atoms with Crippen LogP contribution in [0.15, 0.2) is 0 Å². The molecule has 1 N–H and O–H groups in total. The number of rotatable bonds is 3. The van der Waals surface area contributed by atoms with Gasteiger partial charge in [-0.3, -0.25) is 5.41 Å². The number of hydrogen-bond donors (Lipinski definition) is 1. The van der Waals surface area contributed by atoms with E-state index in [0.717, 1.165) is 31.3 Å². The maximum absolute atomic E-state index is 7.68. The highest BCUT2D eigenvalue weighted by Crippen LogP contribution is 2.21. The van der Waals surface area contributed by atoms with E-state index >= 15 is 0 Å². The summed E-state index contributed by atoms with van der Waals surface area (Å²) in [5.41, 5.74) is 0. The third-order valence-electron chi connectivity index (χ3n) is 2.70. The van der Waals surface area contributed by atoms with Gasteiger partial charge in [-0.15, -0.1) is 0 Å². The fraction of sp³-hybridized carbons (Fsp3) is 0.900. The van der Waals surface area contributed by atoms with Gasteiger partial charge in [0.05, 0.1) is 5.84 Å². The third-order valence-corrected chi connectivity index (χ3v) is 2.70. The molecule has 0 aromatic rings. The molecule has 0 saturated carbocycles. The topological polar surface area (TPSA) is 27.1 Å². The van der Waals surface area contributed by atoms with Crippen LogP contribution in [-0.2, 0) is 0 Å². The molecule has 1 fully saturated rings. The summed E-state index contributed by atoms with van der Waals surface area (Å²) in [6.45, 7) is 6.57. The Bertz CT molecular complexity index is 154. The Morgan fingerprint density at radius 2 is 2.25 bits per heavy atom. The zero-order valence-electron chi connectivity index (χ0n) is 8.27. The summed E-state index contributed by atoms with van der Waals surface area (Å²) in [4.78, 5) is 2.24. The van der Waals surface area contributed by atoms with E-state index in [2.05, 4.69) is 18.7 Å². The van der Waals surface area contributed by atoms with Crippen molar-refractivity contribution < 1.29 is 0 Å². The van der Waals surface area contributed by atoms with Crippen LogP contribution in [0, 0.1) is 11.3 Å². The van der Waals surface area contributed by atoms with Gasteiger partial charge >= 0.3 is 0 Å². The number of nitrogens with one attached hydrogen (secondary N) is 1. The lowest BCUT2D eigenvalue weighted by molar-refractivity contribution is 0.450. The van der Waals surface area contributed by atoms with E-state index in [9.17, 15) is 0 Å². The van der Waals surface area contributed by atoms with Crippen LogP contribution in [0.25, 0.3) is 0 Å². The summed E-state index contributed by atoms with van der Waals surface area (Å²) in [6, 6.07) is 0. The van der Waals surface area contributed by atoms with Crippen molar-refractivity contribution in [1.29, 1.82) is 5.41 Å². The molecule has 0 spiro atoms. The molecule has 0 aromatic carbocycles. The quantitative estimate of drug-likeness (QED) is 0.508. The molecule has 70 valence electrons. The van der Waals surface area contributed by atoms with Gasteiger partial charge in [-0.25, -0.2) is 0 Å². The molecule has 0 bridgehead atoms. The predicted octanol–water partition coefficient (Wildman–Crippen LogP) is 2.50. The van der Waals surface area contributed by atoms with Crippen LogP contribution in [0.2, 0.25) is 0 Å². The van der Waals surface area contributed by atoms with Crippen molar-refractivity contribution >= 4 is 5.84 Å². The number of hydrogen-bond acceptors (Lipinski definition) is 1. The lowest BCUT2D eigenvalue weighted by atomic mass is 10.0. The molecule has 0 amide bonds. The van der Waals surface area contributed by atoms with Crippen molar-refractivity contribution in [2.45, 2.75) is 39.5 Å². The van der Waals surface area contributed by atoms with Gasteiger partial charge in [0.25, 0.3) is 0 Å². The maximum Gasteiger partial charge on any atom is 0.0954 e. The molecule has 1 rings (SSSR count). The van der Waals surface area contributed by atoms with Gasteiger partial charge in [-0.1, -0.05) is 20.3 Å². The first-order valence-electron chi connectivity index (χ1n) is 5.10. The lowest BCUT2D eigenvalue weighted by Crippen LogP contribution is -2.27. The minimum atomic E-state index is 0.827. The van der Waals surface area contributed by atoms with Crippen LogP contribution in [-0.4, -0.2) is 23.8 Å². The molecule has 1 aliphatic rings. The first-order valence-corrected chi connectivity index (χ1v) is 5.10. The van der Waals surface area contributed by atoms with Gasteiger partial charge in [-0.05, 0) is 18.8 Å². The average molecular weight is 168 g/mol. The molecule has 1 unspecified atom stereocenters. The standard InChI is InChI=1S/C10H20N2/c1-3-5-9-6-7-12(8-9)10(11)4-2/h9,11H,3-8H2,1-2H3. The molecule has 1 atom stereocenters. The summed E-state index contributed by atoms with van der Waals surface area (Å²) in [6.07, 6.45) is 4.82. The smallest absolute Gasteiger partial charge is 0.0954 e. The van der Waals surface area contributed by atoms with E-state index < -0.39 is 0 Å². The van der Waals surface area contributed by atoms with Crippen molar-refractivity contribution in [3.05, 3.63) is 0 Å². The molecule has 2 nitrogen and oxygen atoms in total. The summed E-state index contributed by atoms with van der Waals surface area (Å²) >= 11 is 0.